The van der Waals surface area contributed by atoms with Crippen molar-refractivity contribution in [3.05, 3.63) is 59.7 Å². The van der Waals surface area contributed by atoms with E-state index >= 15 is 0 Å². The van der Waals surface area contributed by atoms with Crippen LogP contribution in [-0.4, -0.2) is 48.7 Å². The molecule has 2 aromatic rings. The number of nitrogens with zero attached hydrogens (tertiary/aromatic N) is 2. The molecule has 0 bridgehead atoms. The topological polar surface area (TPSA) is 109 Å². The second-order valence-corrected chi connectivity index (χ2v) is 9.30. The Bertz CT molecular complexity index is 1010. The third-order valence-electron chi connectivity index (χ3n) is 6.67. The van der Waals surface area contributed by atoms with Crippen molar-refractivity contribution in [3.8, 4) is 0 Å². The number of rotatable bonds is 8. The Morgan fingerprint density at radius 2 is 1.79 bits per heavy atom. The lowest BCUT2D eigenvalue weighted by molar-refractivity contribution is -0.115. The molecule has 4 rings (SSSR count). The van der Waals surface area contributed by atoms with E-state index in [0.717, 1.165) is 43.9 Å². The first-order chi connectivity index (χ1) is 15.9. The average Bonchev–Trinajstić information content (AvgIpc) is 3.63. The van der Waals surface area contributed by atoms with Gasteiger partial charge in [0.15, 0.2) is 0 Å². The van der Waals surface area contributed by atoms with Crippen LogP contribution in [0.1, 0.15) is 49.7 Å². The summed E-state index contributed by atoms with van der Waals surface area (Å²) in [6.45, 7) is 4.81. The number of nitrogen functional groups attached to an aromatic ring is 1. The number of hydrogen-bond acceptors (Lipinski definition) is 4. The summed E-state index contributed by atoms with van der Waals surface area (Å²) in [6.07, 6.45) is 4.50. The Labute approximate surface area is 196 Å². The van der Waals surface area contributed by atoms with Crippen LogP contribution in [0.25, 0.3) is 0 Å². The van der Waals surface area contributed by atoms with Gasteiger partial charge in [0.1, 0.15) is 5.84 Å². The van der Waals surface area contributed by atoms with Gasteiger partial charge in [-0.3, -0.25) is 15.6 Å². The van der Waals surface area contributed by atoms with Crippen LogP contribution in [0, 0.1) is 16.7 Å². The van der Waals surface area contributed by atoms with Crippen LogP contribution in [0.4, 0.5) is 11.4 Å². The van der Waals surface area contributed by atoms with Crippen molar-refractivity contribution in [2.75, 3.05) is 36.4 Å². The van der Waals surface area contributed by atoms with E-state index in [0.29, 0.717) is 23.2 Å². The maximum absolute atomic E-state index is 12.9. The number of nitrogens with one attached hydrogen (secondary N) is 3. The number of piperidine rings is 1. The molecule has 2 fully saturated rings. The van der Waals surface area contributed by atoms with E-state index in [2.05, 4.69) is 27.2 Å². The molecule has 1 saturated heterocycles. The van der Waals surface area contributed by atoms with Gasteiger partial charge in [-0.05, 0) is 74.3 Å². The van der Waals surface area contributed by atoms with Gasteiger partial charge in [0.25, 0.3) is 0 Å². The normalized spacial score (nSPS) is 16.3. The first kappa shape index (κ1) is 22.8. The second-order valence-electron chi connectivity index (χ2n) is 9.30. The average molecular weight is 447 g/mol. The van der Waals surface area contributed by atoms with Crippen LogP contribution in [0.3, 0.4) is 0 Å². The zero-order chi connectivity index (χ0) is 23.4. The third-order valence-corrected chi connectivity index (χ3v) is 6.67. The summed E-state index contributed by atoms with van der Waals surface area (Å²) in [5, 5.41) is 18.5. The molecule has 7 nitrogen and oxygen atoms in total. The summed E-state index contributed by atoms with van der Waals surface area (Å²) in [4.78, 5) is 17.1. The summed E-state index contributed by atoms with van der Waals surface area (Å²) >= 11 is 0. The van der Waals surface area contributed by atoms with E-state index < -0.39 is 0 Å². The van der Waals surface area contributed by atoms with E-state index in [1.165, 1.54) is 18.4 Å². The zero-order valence-electron chi connectivity index (χ0n) is 19.3. The molecule has 0 atom stereocenters. The number of anilines is 2. The standard InChI is InChI=1S/C26H34N6O/c1-18(27)31-13-11-21(12-14-31)20-7-9-23(10-8-20)30-25(33)17-32(16-19-5-6-19)24-4-2-3-22(15-24)26(28)29/h2-4,7-10,15,19,21,27H,5-6,11-14,16-17H2,1H3,(H3,28,29)(H,30,33). The van der Waals surface area contributed by atoms with Gasteiger partial charge in [0.2, 0.25) is 5.91 Å². The zero-order valence-corrected chi connectivity index (χ0v) is 19.3. The van der Waals surface area contributed by atoms with Crippen LogP contribution >= 0.6 is 0 Å². The van der Waals surface area contributed by atoms with Crippen molar-refractivity contribution in [2.45, 2.75) is 38.5 Å². The molecule has 0 radical (unpaired) electrons. The Balaban J connectivity index is 1.36. The molecule has 1 amide bonds. The minimum Gasteiger partial charge on any atom is -0.384 e. The van der Waals surface area contributed by atoms with Crippen molar-refractivity contribution >= 4 is 29.0 Å². The second kappa shape index (κ2) is 10.1. The SMILES string of the molecule is CC(=N)N1CCC(c2ccc(NC(=O)CN(CC3CC3)c3cccc(C(=N)N)c3)cc2)CC1. The van der Waals surface area contributed by atoms with Crippen molar-refractivity contribution < 1.29 is 4.79 Å². The Morgan fingerprint density at radius 1 is 1.09 bits per heavy atom. The molecule has 0 spiro atoms. The molecule has 0 unspecified atom stereocenters. The molecular formula is C26H34N6O. The summed E-state index contributed by atoms with van der Waals surface area (Å²) in [7, 11) is 0. The fourth-order valence-corrected chi connectivity index (χ4v) is 4.50. The van der Waals surface area contributed by atoms with E-state index in [4.69, 9.17) is 16.6 Å². The van der Waals surface area contributed by atoms with Crippen LogP contribution in [-0.2, 0) is 4.79 Å². The van der Waals surface area contributed by atoms with Crippen molar-refractivity contribution in [3.63, 3.8) is 0 Å². The van der Waals surface area contributed by atoms with Gasteiger partial charge in [-0.2, -0.15) is 0 Å². The Kier molecular flexibility index (Phi) is 6.96. The molecule has 5 N–H and O–H groups in total. The molecular weight excluding hydrogens is 412 g/mol. The molecule has 7 heteroatoms. The minimum absolute atomic E-state index is 0.0337. The molecule has 1 heterocycles. The predicted molar refractivity (Wildman–Crippen MR) is 134 cm³/mol. The molecule has 33 heavy (non-hydrogen) atoms. The summed E-state index contributed by atoms with van der Waals surface area (Å²) in [5.74, 6) is 1.77. The van der Waals surface area contributed by atoms with E-state index in [9.17, 15) is 4.79 Å². The number of hydrogen-bond donors (Lipinski definition) is 4. The number of carbonyl (C=O) groups excluding carboxylic acids is 1. The fraction of sp³-hybridized carbons (Fsp3) is 0.423. The summed E-state index contributed by atoms with van der Waals surface area (Å²) in [5.41, 5.74) is 9.36. The highest BCUT2D eigenvalue weighted by atomic mass is 16.2. The molecule has 0 aromatic heterocycles. The van der Waals surface area contributed by atoms with Crippen LogP contribution < -0.4 is 16.0 Å². The molecule has 2 aliphatic rings. The van der Waals surface area contributed by atoms with Gasteiger partial charge >= 0.3 is 0 Å². The van der Waals surface area contributed by atoms with Gasteiger partial charge in [-0.1, -0.05) is 24.3 Å². The van der Waals surface area contributed by atoms with E-state index in [1.54, 1.807) is 0 Å². The highest BCUT2D eigenvalue weighted by Gasteiger charge is 2.26. The van der Waals surface area contributed by atoms with Gasteiger partial charge in [0, 0.05) is 36.6 Å². The number of amidine groups is 2. The van der Waals surface area contributed by atoms with Crippen LogP contribution in [0.5, 0.6) is 0 Å². The van der Waals surface area contributed by atoms with E-state index in [-0.39, 0.29) is 18.3 Å². The molecule has 1 aliphatic carbocycles. The van der Waals surface area contributed by atoms with Crippen molar-refractivity contribution in [1.82, 2.24) is 4.90 Å². The van der Waals surface area contributed by atoms with Gasteiger partial charge in [-0.25, -0.2) is 0 Å². The van der Waals surface area contributed by atoms with Gasteiger partial charge in [-0.15, -0.1) is 0 Å². The molecule has 174 valence electrons. The summed E-state index contributed by atoms with van der Waals surface area (Å²) < 4.78 is 0. The van der Waals surface area contributed by atoms with Crippen LogP contribution in [0.15, 0.2) is 48.5 Å². The minimum atomic E-state index is -0.0496. The largest absolute Gasteiger partial charge is 0.384 e. The predicted octanol–water partition coefficient (Wildman–Crippen LogP) is 4.00. The quantitative estimate of drug-likeness (QED) is 0.363. The molecule has 1 aliphatic heterocycles. The number of carbonyl (C=O) groups is 1. The molecule has 1 saturated carbocycles. The highest BCUT2D eigenvalue weighted by molar-refractivity contribution is 5.97. The lowest BCUT2D eigenvalue weighted by Gasteiger charge is -2.33. The fourth-order valence-electron chi connectivity index (χ4n) is 4.50. The summed E-state index contributed by atoms with van der Waals surface area (Å²) in [6, 6.07) is 15.8. The number of amides is 1. The number of nitrogens with two attached hydrogens (primary N) is 1. The smallest absolute Gasteiger partial charge is 0.243 e. The lowest BCUT2D eigenvalue weighted by atomic mass is 9.89. The lowest BCUT2D eigenvalue weighted by Crippen LogP contribution is -2.36. The van der Waals surface area contributed by atoms with Crippen LogP contribution in [0.2, 0.25) is 0 Å². The van der Waals surface area contributed by atoms with Crippen molar-refractivity contribution in [2.24, 2.45) is 11.7 Å². The Morgan fingerprint density at radius 3 is 2.39 bits per heavy atom. The maximum Gasteiger partial charge on any atom is 0.243 e. The molecule has 2 aromatic carbocycles. The Hall–Kier alpha value is -3.35. The first-order valence-electron chi connectivity index (χ1n) is 11.8. The highest BCUT2D eigenvalue weighted by Crippen LogP contribution is 2.32. The number of benzene rings is 2. The monoisotopic (exact) mass is 446 g/mol. The van der Waals surface area contributed by atoms with Gasteiger partial charge < -0.3 is 20.9 Å². The first-order valence-corrected chi connectivity index (χ1v) is 11.8. The van der Waals surface area contributed by atoms with Crippen molar-refractivity contribution in [1.29, 1.82) is 10.8 Å². The number of likely N-dealkylation sites (tertiary alicyclic amines) is 1. The van der Waals surface area contributed by atoms with Gasteiger partial charge in [0.05, 0.1) is 12.4 Å². The third kappa shape index (κ3) is 6.12. The maximum atomic E-state index is 12.9. The van der Waals surface area contributed by atoms with E-state index in [1.807, 2.05) is 43.3 Å².